The molecule has 2 N–H and O–H groups in total. The highest BCUT2D eigenvalue weighted by Crippen LogP contribution is 2.14. The highest BCUT2D eigenvalue weighted by molar-refractivity contribution is 7.80. The van der Waals surface area contributed by atoms with Crippen LogP contribution in [0.2, 0.25) is 0 Å². The third-order valence-electron chi connectivity index (χ3n) is 4.25. The minimum Gasteiger partial charge on any atom is -0.325 e. The molecule has 0 aliphatic carbocycles. The number of nitrogens with one attached hydrogen (secondary N) is 2. The van der Waals surface area contributed by atoms with Gasteiger partial charge in [-0.15, -0.1) is 0 Å². The van der Waals surface area contributed by atoms with E-state index in [1.54, 1.807) is 30.8 Å². The van der Waals surface area contributed by atoms with E-state index in [0.717, 1.165) is 5.69 Å². The second kappa shape index (κ2) is 8.48. The van der Waals surface area contributed by atoms with E-state index in [9.17, 15) is 14.9 Å². The van der Waals surface area contributed by atoms with Crippen molar-refractivity contribution in [1.82, 2.24) is 14.8 Å². The lowest BCUT2D eigenvalue weighted by atomic mass is 10.2. The molecule has 1 aromatic heterocycles. The van der Waals surface area contributed by atoms with E-state index in [1.165, 1.54) is 23.0 Å². The van der Waals surface area contributed by atoms with Crippen molar-refractivity contribution in [2.75, 3.05) is 5.32 Å². The van der Waals surface area contributed by atoms with Crippen LogP contribution in [0.15, 0.2) is 64.5 Å². The number of para-hydroxylation sites is 1. The molecule has 0 aliphatic rings. The Labute approximate surface area is 171 Å². The van der Waals surface area contributed by atoms with Gasteiger partial charge in [0.1, 0.15) is 5.69 Å². The van der Waals surface area contributed by atoms with Crippen LogP contribution in [-0.4, -0.2) is 25.6 Å². The fourth-order valence-electron chi connectivity index (χ4n) is 2.74. The molecule has 0 saturated heterocycles. The zero-order valence-electron chi connectivity index (χ0n) is 15.7. The molecule has 0 amide bonds. The van der Waals surface area contributed by atoms with E-state index in [1.807, 2.05) is 30.3 Å². The van der Waals surface area contributed by atoms with Crippen LogP contribution in [0.4, 0.5) is 11.4 Å². The fraction of sp³-hybridized carbons (Fsp3) is 0.105. The zero-order chi connectivity index (χ0) is 21.0. The summed E-state index contributed by atoms with van der Waals surface area (Å²) in [6.45, 7) is 1.80. The molecule has 0 atom stereocenters. The molecule has 0 aliphatic heterocycles. The first-order valence-electron chi connectivity index (χ1n) is 8.57. The molecule has 0 unspecified atom stereocenters. The lowest BCUT2D eigenvalue weighted by molar-refractivity contribution is -0.384. The van der Waals surface area contributed by atoms with Gasteiger partial charge >= 0.3 is 0 Å². The van der Waals surface area contributed by atoms with Crippen LogP contribution in [-0.2, 0) is 7.05 Å². The van der Waals surface area contributed by atoms with Crippen LogP contribution >= 0.6 is 12.2 Å². The minimum atomic E-state index is -0.479. The van der Waals surface area contributed by atoms with Gasteiger partial charge in [-0.3, -0.25) is 25.0 Å². The Morgan fingerprint density at radius 3 is 2.62 bits per heavy atom. The van der Waals surface area contributed by atoms with Crippen molar-refractivity contribution in [1.29, 1.82) is 0 Å². The normalized spacial score (nSPS) is 10.8. The summed E-state index contributed by atoms with van der Waals surface area (Å²) in [5, 5.41) is 17.8. The maximum absolute atomic E-state index is 12.8. The van der Waals surface area contributed by atoms with Gasteiger partial charge in [-0.25, -0.2) is 4.68 Å². The Morgan fingerprint density at radius 1 is 1.21 bits per heavy atom. The number of nitro benzene ring substituents is 1. The van der Waals surface area contributed by atoms with Crippen LogP contribution in [0.5, 0.6) is 0 Å². The molecule has 0 saturated carbocycles. The molecule has 10 heteroatoms. The van der Waals surface area contributed by atoms with Crippen molar-refractivity contribution in [3.63, 3.8) is 0 Å². The quantitative estimate of drug-likeness (QED) is 0.290. The predicted octanol–water partition coefficient (Wildman–Crippen LogP) is 2.71. The van der Waals surface area contributed by atoms with Gasteiger partial charge in [-0.2, -0.15) is 5.10 Å². The lowest BCUT2D eigenvalue weighted by Gasteiger charge is -2.07. The molecule has 1 heterocycles. The number of nitro groups is 1. The van der Waals surface area contributed by atoms with Crippen molar-refractivity contribution in [3.8, 4) is 5.69 Å². The molecule has 0 radical (unpaired) electrons. The smallest absolute Gasteiger partial charge is 0.295 e. The number of nitrogens with zero attached hydrogens (tertiary/aromatic N) is 4. The van der Waals surface area contributed by atoms with Crippen LogP contribution in [0.1, 0.15) is 11.3 Å². The predicted molar refractivity (Wildman–Crippen MR) is 116 cm³/mol. The first-order valence-corrected chi connectivity index (χ1v) is 8.98. The lowest BCUT2D eigenvalue weighted by Crippen LogP contribution is -2.28. The SMILES string of the molecule is Cc1c(NC(=S)NN=Cc2cccc([N+](=O)[O-])c2)c(=O)n(-c2ccccc2)n1C. The molecule has 0 spiro atoms. The summed E-state index contributed by atoms with van der Waals surface area (Å²) in [6.07, 6.45) is 1.40. The largest absolute Gasteiger partial charge is 0.325 e. The Bertz CT molecular complexity index is 1150. The molecule has 3 aromatic rings. The van der Waals surface area contributed by atoms with Gasteiger partial charge in [-0.1, -0.05) is 30.3 Å². The van der Waals surface area contributed by atoms with Crippen LogP contribution in [0, 0.1) is 17.0 Å². The van der Waals surface area contributed by atoms with Crippen molar-refractivity contribution in [3.05, 3.63) is 86.3 Å². The second-order valence-corrected chi connectivity index (χ2v) is 6.52. The van der Waals surface area contributed by atoms with E-state index >= 15 is 0 Å². The summed E-state index contributed by atoms with van der Waals surface area (Å²) in [5.41, 5.74) is 4.64. The molecule has 29 heavy (non-hydrogen) atoms. The Balaban J connectivity index is 1.74. The van der Waals surface area contributed by atoms with Gasteiger partial charge in [0.25, 0.3) is 11.2 Å². The van der Waals surface area contributed by atoms with Crippen LogP contribution in [0.25, 0.3) is 5.69 Å². The standard InChI is InChI=1S/C19H18N6O3S/c1-13-17(18(26)24(23(13)2)15-8-4-3-5-9-15)21-19(29)22-20-12-14-7-6-10-16(11-14)25(27)28/h3-12H,1-2H3,(H2,21,22,29). The van der Waals surface area contributed by atoms with Crippen molar-refractivity contribution < 1.29 is 4.92 Å². The van der Waals surface area contributed by atoms with Gasteiger partial charge in [-0.05, 0) is 31.3 Å². The number of benzene rings is 2. The van der Waals surface area contributed by atoms with E-state index in [-0.39, 0.29) is 16.4 Å². The third-order valence-corrected chi connectivity index (χ3v) is 4.45. The number of anilines is 1. The summed E-state index contributed by atoms with van der Waals surface area (Å²) >= 11 is 5.21. The molecule has 3 rings (SSSR count). The maximum atomic E-state index is 12.8. The first kappa shape index (κ1) is 20.0. The van der Waals surface area contributed by atoms with Crippen LogP contribution in [0.3, 0.4) is 0 Å². The van der Waals surface area contributed by atoms with Gasteiger partial charge in [0.2, 0.25) is 0 Å². The summed E-state index contributed by atoms with van der Waals surface area (Å²) in [7, 11) is 1.78. The van der Waals surface area contributed by atoms with E-state index < -0.39 is 4.92 Å². The highest BCUT2D eigenvalue weighted by Gasteiger charge is 2.16. The number of non-ortho nitro benzene ring substituents is 1. The van der Waals surface area contributed by atoms with Gasteiger partial charge < -0.3 is 5.32 Å². The number of thiocarbonyl (C=S) groups is 1. The number of hydrazone groups is 1. The number of hydrogen-bond donors (Lipinski definition) is 2. The number of aromatic nitrogens is 2. The monoisotopic (exact) mass is 410 g/mol. The summed E-state index contributed by atoms with van der Waals surface area (Å²) in [4.78, 5) is 23.2. The van der Waals surface area contributed by atoms with E-state index in [4.69, 9.17) is 12.2 Å². The topological polar surface area (TPSA) is 106 Å². The van der Waals surface area contributed by atoms with E-state index in [0.29, 0.717) is 16.9 Å². The fourth-order valence-corrected chi connectivity index (χ4v) is 2.89. The zero-order valence-corrected chi connectivity index (χ0v) is 16.5. The molecular weight excluding hydrogens is 392 g/mol. The highest BCUT2D eigenvalue weighted by atomic mass is 32.1. The Kier molecular flexibility index (Phi) is 5.84. The molecule has 0 fully saturated rings. The molecule has 2 aromatic carbocycles. The van der Waals surface area contributed by atoms with Crippen LogP contribution < -0.4 is 16.3 Å². The number of rotatable bonds is 5. The molecular formula is C19H18N6O3S. The van der Waals surface area contributed by atoms with Crippen molar-refractivity contribution >= 4 is 34.9 Å². The van der Waals surface area contributed by atoms with Crippen molar-refractivity contribution in [2.45, 2.75) is 6.92 Å². The minimum absolute atomic E-state index is 0.0315. The van der Waals surface area contributed by atoms with Gasteiger partial charge in [0.15, 0.2) is 5.11 Å². The molecule has 9 nitrogen and oxygen atoms in total. The van der Waals surface area contributed by atoms with E-state index in [2.05, 4.69) is 15.8 Å². The summed E-state index contributed by atoms with van der Waals surface area (Å²) in [6, 6.07) is 15.3. The number of hydrogen-bond acceptors (Lipinski definition) is 5. The third kappa shape index (κ3) is 4.38. The average molecular weight is 410 g/mol. The summed E-state index contributed by atoms with van der Waals surface area (Å²) < 4.78 is 3.27. The summed E-state index contributed by atoms with van der Waals surface area (Å²) in [5.74, 6) is 0. The average Bonchev–Trinajstić information content (AvgIpc) is 2.92. The second-order valence-electron chi connectivity index (χ2n) is 6.11. The van der Waals surface area contributed by atoms with Gasteiger partial charge in [0, 0.05) is 24.7 Å². The Hall–Kier alpha value is -3.79. The molecule has 0 bridgehead atoms. The Morgan fingerprint density at radius 2 is 1.93 bits per heavy atom. The first-order chi connectivity index (χ1) is 13.9. The maximum Gasteiger partial charge on any atom is 0.295 e. The van der Waals surface area contributed by atoms with Crippen molar-refractivity contribution in [2.24, 2.45) is 12.1 Å². The van der Waals surface area contributed by atoms with Gasteiger partial charge in [0.05, 0.1) is 22.5 Å². The molecule has 148 valence electrons.